The van der Waals surface area contributed by atoms with Crippen LogP contribution in [0.5, 0.6) is 0 Å². The van der Waals surface area contributed by atoms with Gasteiger partial charge in [0, 0.05) is 12.8 Å². The maximum absolute atomic E-state index is 10.4. The highest BCUT2D eigenvalue weighted by Crippen LogP contribution is 2.20. The first kappa shape index (κ1) is 11.9. The van der Waals surface area contributed by atoms with E-state index in [1.165, 1.54) is 0 Å². The number of carbonyl (C=O) groups is 2. The van der Waals surface area contributed by atoms with E-state index < -0.39 is 11.9 Å². The Morgan fingerprint density at radius 1 is 1.15 bits per heavy atom. The molecule has 0 saturated carbocycles. The predicted molar refractivity (Wildman–Crippen MR) is 47.5 cm³/mol. The third-order valence-electron chi connectivity index (χ3n) is 2.11. The summed E-state index contributed by atoms with van der Waals surface area (Å²) in [5.41, 5.74) is 0. The molecule has 4 nitrogen and oxygen atoms in total. The summed E-state index contributed by atoms with van der Waals surface area (Å²) >= 11 is 0. The highest BCUT2D eigenvalue weighted by molar-refractivity contribution is 5.68. The summed E-state index contributed by atoms with van der Waals surface area (Å²) in [4.78, 5) is 20.7. The molecular formula is C9H16O4. The highest BCUT2D eigenvalue weighted by atomic mass is 16.4. The number of hydrogen-bond acceptors (Lipinski definition) is 2. The summed E-state index contributed by atoms with van der Waals surface area (Å²) in [6, 6.07) is 0. The topological polar surface area (TPSA) is 74.6 Å². The summed E-state index contributed by atoms with van der Waals surface area (Å²) in [5, 5.41) is 17.0. The van der Waals surface area contributed by atoms with E-state index in [1.807, 2.05) is 13.8 Å². The fraction of sp³-hybridized carbons (Fsp3) is 0.778. The molecule has 0 rings (SSSR count). The van der Waals surface area contributed by atoms with E-state index in [0.717, 1.165) is 0 Å². The van der Waals surface area contributed by atoms with Crippen molar-refractivity contribution in [3.05, 3.63) is 0 Å². The molecule has 0 amide bonds. The van der Waals surface area contributed by atoms with Crippen LogP contribution in [0.25, 0.3) is 0 Å². The first-order chi connectivity index (χ1) is 5.93. The van der Waals surface area contributed by atoms with Gasteiger partial charge in [-0.05, 0) is 18.3 Å². The van der Waals surface area contributed by atoms with E-state index in [0.29, 0.717) is 6.42 Å². The summed E-state index contributed by atoms with van der Waals surface area (Å²) in [6.07, 6.45) is 0.556. The molecule has 4 heteroatoms. The standard InChI is InChI=1S/C9H16O4/c1-6(2)7(5-9(12)13)3-4-8(10)11/h6-7H,3-5H2,1-2H3,(H,10,11)(H,12,13)/t7-/m0/s1. The smallest absolute Gasteiger partial charge is 0.303 e. The van der Waals surface area contributed by atoms with Crippen molar-refractivity contribution in [1.29, 1.82) is 0 Å². The van der Waals surface area contributed by atoms with Gasteiger partial charge in [0.15, 0.2) is 0 Å². The number of hydrogen-bond donors (Lipinski definition) is 2. The largest absolute Gasteiger partial charge is 0.481 e. The molecule has 1 atom stereocenters. The Balaban J connectivity index is 3.95. The third-order valence-corrected chi connectivity index (χ3v) is 2.11. The van der Waals surface area contributed by atoms with Crippen molar-refractivity contribution in [1.82, 2.24) is 0 Å². The van der Waals surface area contributed by atoms with E-state index in [9.17, 15) is 9.59 Å². The minimum atomic E-state index is -0.865. The molecule has 0 aromatic heterocycles. The quantitative estimate of drug-likeness (QED) is 0.663. The van der Waals surface area contributed by atoms with Crippen LogP contribution < -0.4 is 0 Å². The van der Waals surface area contributed by atoms with Crippen molar-refractivity contribution >= 4 is 11.9 Å². The maximum atomic E-state index is 10.4. The molecule has 0 heterocycles. The van der Waals surface area contributed by atoms with Gasteiger partial charge >= 0.3 is 11.9 Å². The van der Waals surface area contributed by atoms with E-state index in [1.54, 1.807) is 0 Å². The molecule has 0 aliphatic heterocycles. The van der Waals surface area contributed by atoms with Crippen LogP contribution in [0.15, 0.2) is 0 Å². The van der Waals surface area contributed by atoms with Gasteiger partial charge in [-0.3, -0.25) is 9.59 Å². The number of rotatable bonds is 6. The van der Waals surface area contributed by atoms with E-state index in [4.69, 9.17) is 10.2 Å². The van der Waals surface area contributed by atoms with Crippen molar-refractivity contribution in [3.63, 3.8) is 0 Å². The van der Waals surface area contributed by atoms with Crippen LogP contribution >= 0.6 is 0 Å². The predicted octanol–water partition coefficient (Wildman–Crippen LogP) is 1.60. The zero-order chi connectivity index (χ0) is 10.4. The Hall–Kier alpha value is -1.06. The Morgan fingerprint density at radius 2 is 1.69 bits per heavy atom. The lowest BCUT2D eigenvalue weighted by molar-refractivity contribution is -0.140. The van der Waals surface area contributed by atoms with Gasteiger partial charge in [0.1, 0.15) is 0 Å². The molecule has 0 unspecified atom stereocenters. The van der Waals surface area contributed by atoms with Gasteiger partial charge in [-0.25, -0.2) is 0 Å². The third kappa shape index (κ3) is 6.13. The molecule has 0 saturated heterocycles. The van der Waals surface area contributed by atoms with Crippen LogP contribution in [0, 0.1) is 11.8 Å². The van der Waals surface area contributed by atoms with E-state index in [-0.39, 0.29) is 24.7 Å². The van der Waals surface area contributed by atoms with Gasteiger partial charge in [-0.2, -0.15) is 0 Å². The monoisotopic (exact) mass is 188 g/mol. The minimum Gasteiger partial charge on any atom is -0.481 e. The zero-order valence-corrected chi connectivity index (χ0v) is 7.99. The van der Waals surface area contributed by atoms with Crippen LogP contribution in [0.4, 0.5) is 0 Å². The molecule has 0 aromatic rings. The molecule has 0 fully saturated rings. The molecular weight excluding hydrogens is 172 g/mol. The van der Waals surface area contributed by atoms with Crippen molar-refractivity contribution in [2.45, 2.75) is 33.1 Å². The van der Waals surface area contributed by atoms with Gasteiger partial charge < -0.3 is 10.2 Å². The lowest BCUT2D eigenvalue weighted by Gasteiger charge is -2.17. The molecule has 0 radical (unpaired) electrons. The summed E-state index contributed by atoms with van der Waals surface area (Å²) in [6.45, 7) is 3.82. The lowest BCUT2D eigenvalue weighted by atomic mass is 9.88. The van der Waals surface area contributed by atoms with E-state index >= 15 is 0 Å². The normalized spacial score (nSPS) is 12.8. The van der Waals surface area contributed by atoms with Crippen LogP contribution in [-0.2, 0) is 9.59 Å². The van der Waals surface area contributed by atoms with Crippen molar-refractivity contribution < 1.29 is 19.8 Å². The fourth-order valence-electron chi connectivity index (χ4n) is 1.20. The second-order valence-corrected chi connectivity index (χ2v) is 3.53. The highest BCUT2D eigenvalue weighted by Gasteiger charge is 2.17. The minimum absolute atomic E-state index is 0.0337. The van der Waals surface area contributed by atoms with Crippen LogP contribution in [0.3, 0.4) is 0 Å². The molecule has 0 spiro atoms. The Bertz CT molecular complexity index is 186. The number of aliphatic carboxylic acids is 2. The SMILES string of the molecule is CC(C)[C@@H](CCC(=O)O)CC(=O)O. The van der Waals surface area contributed by atoms with Crippen molar-refractivity contribution in [2.24, 2.45) is 11.8 Å². The van der Waals surface area contributed by atoms with Gasteiger partial charge in [0.25, 0.3) is 0 Å². The van der Waals surface area contributed by atoms with E-state index in [2.05, 4.69) is 0 Å². The zero-order valence-electron chi connectivity index (χ0n) is 7.99. The number of carboxylic acid groups (broad SMARTS) is 2. The molecule has 0 aliphatic rings. The molecule has 76 valence electrons. The summed E-state index contributed by atoms with van der Waals surface area (Å²) < 4.78 is 0. The van der Waals surface area contributed by atoms with Crippen LogP contribution in [0.2, 0.25) is 0 Å². The number of carboxylic acids is 2. The van der Waals surface area contributed by atoms with Crippen LogP contribution in [0.1, 0.15) is 33.1 Å². The Morgan fingerprint density at radius 3 is 2.00 bits per heavy atom. The molecule has 0 aromatic carbocycles. The molecule has 2 N–H and O–H groups in total. The summed E-state index contributed by atoms with van der Waals surface area (Å²) in [5.74, 6) is -1.54. The van der Waals surface area contributed by atoms with Gasteiger partial charge in [-0.1, -0.05) is 13.8 Å². The summed E-state index contributed by atoms with van der Waals surface area (Å²) in [7, 11) is 0. The average molecular weight is 188 g/mol. The molecule has 0 bridgehead atoms. The van der Waals surface area contributed by atoms with Crippen LogP contribution in [-0.4, -0.2) is 22.2 Å². The van der Waals surface area contributed by atoms with Crippen molar-refractivity contribution in [3.8, 4) is 0 Å². The lowest BCUT2D eigenvalue weighted by Crippen LogP contribution is -2.15. The fourth-order valence-corrected chi connectivity index (χ4v) is 1.20. The van der Waals surface area contributed by atoms with Gasteiger partial charge in [-0.15, -0.1) is 0 Å². The van der Waals surface area contributed by atoms with Gasteiger partial charge in [0.2, 0.25) is 0 Å². The molecule has 13 heavy (non-hydrogen) atoms. The first-order valence-corrected chi connectivity index (χ1v) is 4.37. The second kappa shape index (κ2) is 5.56. The second-order valence-electron chi connectivity index (χ2n) is 3.53. The average Bonchev–Trinajstić information content (AvgIpc) is 1.96. The maximum Gasteiger partial charge on any atom is 0.303 e. The van der Waals surface area contributed by atoms with Gasteiger partial charge in [0.05, 0.1) is 0 Å². The first-order valence-electron chi connectivity index (χ1n) is 4.37. The Labute approximate surface area is 77.6 Å². The molecule has 0 aliphatic carbocycles. The Kier molecular flexibility index (Phi) is 5.11. The van der Waals surface area contributed by atoms with Crippen molar-refractivity contribution in [2.75, 3.05) is 0 Å².